The van der Waals surface area contributed by atoms with E-state index in [1.54, 1.807) is 29.2 Å². The highest BCUT2D eigenvalue weighted by Gasteiger charge is 2.24. The number of morpholine rings is 1. The Bertz CT molecular complexity index is 1210. The number of rotatable bonds is 7. The number of sulfone groups is 1. The molecule has 1 aliphatic rings. The number of benzene rings is 2. The van der Waals surface area contributed by atoms with Crippen molar-refractivity contribution in [2.24, 2.45) is 0 Å². The van der Waals surface area contributed by atoms with Gasteiger partial charge in [0.15, 0.2) is 15.0 Å². The van der Waals surface area contributed by atoms with Gasteiger partial charge in [0.05, 0.1) is 29.2 Å². The van der Waals surface area contributed by atoms with Crippen molar-refractivity contribution in [3.63, 3.8) is 0 Å². The number of aromatic nitrogens is 1. The molecule has 1 amide bonds. The van der Waals surface area contributed by atoms with E-state index in [0.29, 0.717) is 47.2 Å². The van der Waals surface area contributed by atoms with E-state index in [1.807, 2.05) is 0 Å². The van der Waals surface area contributed by atoms with Crippen LogP contribution < -0.4 is 4.90 Å². The molecule has 0 bridgehead atoms. The third-order valence-corrected chi connectivity index (χ3v) is 7.49. The molecule has 0 aliphatic carbocycles. The van der Waals surface area contributed by atoms with Crippen LogP contribution in [0, 0.1) is 5.82 Å². The maximum atomic E-state index is 13.3. The van der Waals surface area contributed by atoms with Gasteiger partial charge in [-0.15, -0.1) is 0 Å². The van der Waals surface area contributed by atoms with E-state index in [0.717, 1.165) is 19.3 Å². The van der Waals surface area contributed by atoms with Crippen molar-refractivity contribution in [3.05, 3.63) is 53.8 Å². The molecule has 10 heteroatoms. The van der Waals surface area contributed by atoms with Gasteiger partial charge in [-0.25, -0.2) is 17.8 Å². The lowest BCUT2D eigenvalue weighted by Gasteiger charge is -2.29. The van der Waals surface area contributed by atoms with E-state index < -0.39 is 9.84 Å². The highest BCUT2D eigenvalue weighted by atomic mass is 32.2. The number of hydrogen-bond donors (Lipinski definition) is 0. The molecule has 0 saturated carbocycles. The van der Waals surface area contributed by atoms with Crippen LogP contribution in [0.5, 0.6) is 0 Å². The standard InChI is InChI=1S/C22H24FN3O4S2/c1-32(28,29)19-4-2-3-18-21(19)24-22(31-18)26(10-9-25-11-13-30-14-12-25)20(27)15-16-5-7-17(23)8-6-16/h2-8H,9-15H2,1H3. The predicted molar refractivity (Wildman–Crippen MR) is 122 cm³/mol. The van der Waals surface area contributed by atoms with Crippen LogP contribution in [-0.2, 0) is 25.8 Å². The quantitative estimate of drug-likeness (QED) is 0.521. The van der Waals surface area contributed by atoms with Gasteiger partial charge in [0.2, 0.25) is 5.91 Å². The normalized spacial score (nSPS) is 15.2. The molecular formula is C22H24FN3O4S2. The number of para-hydroxylation sites is 1. The molecule has 7 nitrogen and oxygen atoms in total. The van der Waals surface area contributed by atoms with Crippen LogP contribution in [-0.4, -0.2) is 69.9 Å². The van der Waals surface area contributed by atoms with Crippen LogP contribution >= 0.6 is 11.3 Å². The van der Waals surface area contributed by atoms with Gasteiger partial charge in [-0.05, 0) is 29.8 Å². The minimum Gasteiger partial charge on any atom is -0.379 e. The van der Waals surface area contributed by atoms with E-state index in [4.69, 9.17) is 4.74 Å². The zero-order chi connectivity index (χ0) is 22.7. The lowest BCUT2D eigenvalue weighted by molar-refractivity contribution is -0.118. The Hall–Kier alpha value is -2.40. The van der Waals surface area contributed by atoms with Gasteiger partial charge < -0.3 is 4.74 Å². The summed E-state index contributed by atoms with van der Waals surface area (Å²) in [6.45, 7) is 3.95. The van der Waals surface area contributed by atoms with Crippen LogP contribution in [0.4, 0.5) is 9.52 Å². The fourth-order valence-electron chi connectivity index (χ4n) is 3.59. The van der Waals surface area contributed by atoms with E-state index in [9.17, 15) is 17.6 Å². The smallest absolute Gasteiger partial charge is 0.233 e. The predicted octanol–water partition coefficient (Wildman–Crippen LogP) is 2.75. The van der Waals surface area contributed by atoms with Gasteiger partial charge in [-0.2, -0.15) is 0 Å². The molecule has 3 aromatic rings. The summed E-state index contributed by atoms with van der Waals surface area (Å²) in [6.07, 6.45) is 1.24. The van der Waals surface area contributed by atoms with Gasteiger partial charge >= 0.3 is 0 Å². The molecule has 170 valence electrons. The van der Waals surface area contributed by atoms with Crippen molar-refractivity contribution in [2.45, 2.75) is 11.3 Å². The number of hydrogen-bond acceptors (Lipinski definition) is 7. The number of anilines is 1. The van der Waals surface area contributed by atoms with Crippen LogP contribution in [0.1, 0.15) is 5.56 Å². The summed E-state index contributed by atoms with van der Waals surface area (Å²) >= 11 is 1.29. The van der Waals surface area contributed by atoms with E-state index in [1.165, 1.54) is 29.5 Å². The first-order valence-corrected chi connectivity index (χ1v) is 13.0. The first-order chi connectivity index (χ1) is 15.3. The van der Waals surface area contributed by atoms with Crippen LogP contribution in [0.15, 0.2) is 47.4 Å². The average molecular weight is 478 g/mol. The largest absolute Gasteiger partial charge is 0.379 e. The molecule has 32 heavy (non-hydrogen) atoms. The molecule has 0 unspecified atom stereocenters. The number of thiazole rings is 1. The van der Waals surface area contributed by atoms with Gasteiger partial charge in [-0.3, -0.25) is 14.6 Å². The number of carbonyl (C=O) groups excluding carboxylic acids is 1. The summed E-state index contributed by atoms with van der Waals surface area (Å²) in [6, 6.07) is 10.9. The summed E-state index contributed by atoms with van der Waals surface area (Å²) in [5, 5.41) is 0.455. The number of fused-ring (bicyclic) bond motifs is 1. The Morgan fingerprint density at radius 3 is 2.59 bits per heavy atom. The Morgan fingerprint density at radius 1 is 1.19 bits per heavy atom. The zero-order valence-corrected chi connectivity index (χ0v) is 19.3. The summed E-state index contributed by atoms with van der Waals surface area (Å²) in [5.41, 5.74) is 1.08. The van der Waals surface area contributed by atoms with Crippen LogP contribution in [0.2, 0.25) is 0 Å². The highest BCUT2D eigenvalue weighted by Crippen LogP contribution is 2.33. The number of amides is 1. The second kappa shape index (κ2) is 9.62. The third-order valence-electron chi connectivity index (χ3n) is 5.31. The lowest BCUT2D eigenvalue weighted by atomic mass is 10.1. The van der Waals surface area contributed by atoms with Crippen molar-refractivity contribution < 1.29 is 22.3 Å². The fourth-order valence-corrected chi connectivity index (χ4v) is 5.52. The molecule has 0 radical (unpaired) electrons. The summed E-state index contributed by atoms with van der Waals surface area (Å²) in [4.78, 5) is 21.8. The minimum absolute atomic E-state index is 0.0955. The van der Waals surface area contributed by atoms with Crippen LogP contribution in [0.25, 0.3) is 10.2 Å². The molecular weight excluding hydrogens is 453 g/mol. The number of ether oxygens (including phenoxy) is 1. The topological polar surface area (TPSA) is 79.8 Å². The van der Waals surface area contributed by atoms with Crippen molar-refractivity contribution in [1.82, 2.24) is 9.88 Å². The van der Waals surface area contributed by atoms with Crippen molar-refractivity contribution in [3.8, 4) is 0 Å². The molecule has 1 aromatic heterocycles. The molecule has 2 heterocycles. The van der Waals surface area contributed by atoms with Gasteiger partial charge in [0.1, 0.15) is 11.3 Å². The molecule has 0 N–H and O–H groups in total. The minimum atomic E-state index is -3.46. The Balaban J connectivity index is 1.64. The molecule has 0 atom stereocenters. The maximum absolute atomic E-state index is 13.3. The number of nitrogens with zero attached hydrogens (tertiary/aromatic N) is 3. The van der Waals surface area contributed by atoms with Gasteiger partial charge in [0, 0.05) is 32.4 Å². The fraction of sp³-hybridized carbons (Fsp3) is 0.364. The zero-order valence-electron chi connectivity index (χ0n) is 17.7. The first-order valence-electron chi connectivity index (χ1n) is 10.3. The number of halogens is 1. The van der Waals surface area contributed by atoms with Crippen LogP contribution in [0.3, 0.4) is 0 Å². The van der Waals surface area contributed by atoms with Crippen molar-refractivity contribution in [1.29, 1.82) is 0 Å². The Kier molecular flexibility index (Phi) is 6.85. The van der Waals surface area contributed by atoms with Crippen molar-refractivity contribution in [2.75, 3.05) is 50.5 Å². The summed E-state index contributed by atoms with van der Waals surface area (Å²) < 4.78 is 43.7. The highest BCUT2D eigenvalue weighted by molar-refractivity contribution is 7.91. The van der Waals surface area contributed by atoms with Crippen molar-refractivity contribution >= 4 is 42.4 Å². The molecule has 1 aliphatic heterocycles. The second-order valence-corrected chi connectivity index (χ2v) is 10.7. The Morgan fingerprint density at radius 2 is 1.91 bits per heavy atom. The summed E-state index contributed by atoms with van der Waals surface area (Å²) in [5.74, 6) is -0.533. The van der Waals surface area contributed by atoms with E-state index >= 15 is 0 Å². The first kappa shape index (κ1) is 22.8. The average Bonchev–Trinajstić information content (AvgIpc) is 3.19. The summed E-state index contributed by atoms with van der Waals surface area (Å²) in [7, 11) is -3.46. The van der Waals surface area contributed by atoms with E-state index in [2.05, 4.69) is 9.88 Å². The SMILES string of the molecule is CS(=O)(=O)c1cccc2sc(N(CCN3CCOCC3)C(=O)Cc3ccc(F)cc3)nc12. The molecule has 0 spiro atoms. The third kappa shape index (κ3) is 5.32. The van der Waals surface area contributed by atoms with E-state index in [-0.39, 0.29) is 23.0 Å². The maximum Gasteiger partial charge on any atom is 0.233 e. The second-order valence-electron chi connectivity index (χ2n) is 7.67. The molecule has 4 rings (SSSR count). The van der Waals surface area contributed by atoms with Gasteiger partial charge in [0.25, 0.3) is 0 Å². The molecule has 2 aromatic carbocycles. The lowest BCUT2D eigenvalue weighted by Crippen LogP contribution is -2.43. The van der Waals surface area contributed by atoms with Gasteiger partial charge in [-0.1, -0.05) is 29.5 Å². The number of carbonyl (C=O) groups is 1. The Labute approximate surface area is 190 Å². The monoisotopic (exact) mass is 477 g/mol. The molecule has 1 saturated heterocycles. The molecule has 1 fully saturated rings.